The van der Waals surface area contributed by atoms with Gasteiger partial charge in [0, 0.05) is 0 Å². The number of allylic oxidation sites excluding steroid dienone is 10. The summed E-state index contributed by atoms with van der Waals surface area (Å²) in [5.41, 5.74) is 5.64. The average Bonchev–Trinajstić information content (AvgIpc) is 2.31. The number of hydrogen-bond donors (Lipinski definition) is 1. The van der Waals surface area contributed by atoms with E-state index in [1.54, 1.807) is 18.2 Å². The van der Waals surface area contributed by atoms with Crippen molar-refractivity contribution in [2.24, 2.45) is 5.73 Å². The Morgan fingerprint density at radius 3 is 2.06 bits per heavy atom. The fraction of sp³-hybridized carbons (Fsp3) is 0.0714. The molecule has 0 aliphatic carbocycles. The molecule has 1 amide bonds. The predicted octanol–water partition coefficient (Wildman–Crippen LogP) is 2.17. The first-order valence-corrected chi connectivity index (χ1v) is 5.24. The average molecular weight is 229 g/mol. The summed E-state index contributed by atoms with van der Waals surface area (Å²) in [7, 11) is 0. The molecule has 0 atom stereocenters. The van der Waals surface area contributed by atoms with Gasteiger partial charge in [-0.1, -0.05) is 54.7 Å². The third-order valence-corrected chi connectivity index (χ3v) is 1.92. The molecule has 0 aromatic carbocycles. The molecule has 2 N–H and O–H groups in total. The minimum atomic E-state index is -0.477. The molecule has 1 heterocycles. The molecule has 3 heteroatoms. The van der Waals surface area contributed by atoms with Gasteiger partial charge in [-0.15, -0.1) is 0 Å². The Labute approximate surface area is 101 Å². The SMILES string of the molecule is NC(=O)C1=CC=CC=CC=CC=CC=COC1. The van der Waals surface area contributed by atoms with E-state index >= 15 is 0 Å². The summed E-state index contributed by atoms with van der Waals surface area (Å²) in [5.74, 6) is -0.477. The molecular weight excluding hydrogens is 214 g/mol. The van der Waals surface area contributed by atoms with Crippen molar-refractivity contribution in [3.05, 3.63) is 72.6 Å². The zero-order chi connectivity index (χ0) is 12.3. The van der Waals surface area contributed by atoms with E-state index in [9.17, 15) is 4.79 Å². The molecule has 1 rings (SSSR count). The van der Waals surface area contributed by atoms with Gasteiger partial charge in [0.2, 0.25) is 5.91 Å². The van der Waals surface area contributed by atoms with Gasteiger partial charge in [0.05, 0.1) is 11.8 Å². The second kappa shape index (κ2) is 7.93. The lowest BCUT2D eigenvalue weighted by molar-refractivity contribution is -0.115. The van der Waals surface area contributed by atoms with Crippen molar-refractivity contribution in [2.45, 2.75) is 0 Å². The molecule has 88 valence electrons. The molecular formula is C14H15NO2. The molecule has 0 aromatic heterocycles. The second-order valence-corrected chi connectivity index (χ2v) is 3.24. The Morgan fingerprint density at radius 2 is 1.47 bits per heavy atom. The van der Waals surface area contributed by atoms with Crippen LogP contribution in [0.3, 0.4) is 0 Å². The number of nitrogens with two attached hydrogens (primary N) is 1. The van der Waals surface area contributed by atoms with Crippen molar-refractivity contribution in [2.75, 3.05) is 6.61 Å². The van der Waals surface area contributed by atoms with Crippen molar-refractivity contribution < 1.29 is 9.53 Å². The number of hydrogen-bond acceptors (Lipinski definition) is 2. The highest BCUT2D eigenvalue weighted by molar-refractivity contribution is 5.92. The summed E-state index contributed by atoms with van der Waals surface area (Å²) in [6.07, 6.45) is 19.8. The van der Waals surface area contributed by atoms with Crippen LogP contribution in [0, 0.1) is 0 Å². The van der Waals surface area contributed by atoms with Crippen LogP contribution in [0.5, 0.6) is 0 Å². The number of carbonyl (C=O) groups is 1. The molecule has 0 fully saturated rings. The number of rotatable bonds is 1. The van der Waals surface area contributed by atoms with E-state index in [0.717, 1.165) is 0 Å². The summed E-state index contributed by atoms with van der Waals surface area (Å²) < 4.78 is 5.18. The Kier molecular flexibility index (Phi) is 5.96. The maximum Gasteiger partial charge on any atom is 0.248 e. The minimum Gasteiger partial charge on any atom is -0.496 e. The quantitative estimate of drug-likeness (QED) is 0.749. The number of ether oxygens (including phenoxy) is 1. The van der Waals surface area contributed by atoms with Crippen LogP contribution < -0.4 is 5.73 Å². The normalized spacial score (nSPS) is 16.1. The van der Waals surface area contributed by atoms with Gasteiger partial charge in [-0.05, 0) is 6.08 Å². The van der Waals surface area contributed by atoms with E-state index in [-0.39, 0.29) is 6.61 Å². The molecule has 0 radical (unpaired) electrons. The topological polar surface area (TPSA) is 52.3 Å². The van der Waals surface area contributed by atoms with Gasteiger partial charge in [-0.3, -0.25) is 4.79 Å². The zero-order valence-electron chi connectivity index (χ0n) is 9.45. The van der Waals surface area contributed by atoms with Crippen LogP contribution in [0.2, 0.25) is 0 Å². The first-order valence-electron chi connectivity index (χ1n) is 5.24. The molecule has 0 spiro atoms. The summed E-state index contributed by atoms with van der Waals surface area (Å²) in [6, 6.07) is 0. The van der Waals surface area contributed by atoms with Crippen LogP contribution >= 0.6 is 0 Å². The molecule has 1 aliphatic heterocycles. The minimum absolute atomic E-state index is 0.170. The number of amides is 1. The van der Waals surface area contributed by atoms with Crippen molar-refractivity contribution in [1.29, 1.82) is 0 Å². The van der Waals surface area contributed by atoms with Crippen molar-refractivity contribution in [3.63, 3.8) is 0 Å². The summed E-state index contributed by atoms with van der Waals surface area (Å²) in [6.45, 7) is 0.170. The maximum atomic E-state index is 11.1. The summed E-state index contributed by atoms with van der Waals surface area (Å²) >= 11 is 0. The first-order chi connectivity index (χ1) is 8.30. The zero-order valence-corrected chi connectivity index (χ0v) is 9.45. The second-order valence-electron chi connectivity index (χ2n) is 3.24. The van der Waals surface area contributed by atoms with Gasteiger partial charge in [-0.25, -0.2) is 0 Å². The number of primary amides is 1. The van der Waals surface area contributed by atoms with E-state index in [1.165, 1.54) is 6.26 Å². The summed E-state index contributed by atoms with van der Waals surface area (Å²) in [4.78, 5) is 11.1. The molecule has 0 bridgehead atoms. The highest BCUT2D eigenvalue weighted by atomic mass is 16.5. The van der Waals surface area contributed by atoms with E-state index in [1.807, 2.05) is 42.5 Å². The maximum absolute atomic E-state index is 11.1. The van der Waals surface area contributed by atoms with Gasteiger partial charge in [0.15, 0.2) is 0 Å². The summed E-state index contributed by atoms with van der Waals surface area (Å²) in [5, 5.41) is 0. The molecule has 17 heavy (non-hydrogen) atoms. The van der Waals surface area contributed by atoms with E-state index < -0.39 is 5.91 Å². The van der Waals surface area contributed by atoms with E-state index in [0.29, 0.717) is 5.57 Å². The lowest BCUT2D eigenvalue weighted by Gasteiger charge is -2.01. The van der Waals surface area contributed by atoms with Gasteiger partial charge < -0.3 is 10.5 Å². The van der Waals surface area contributed by atoms with Crippen LogP contribution in [0.4, 0.5) is 0 Å². The first kappa shape index (κ1) is 12.8. The van der Waals surface area contributed by atoms with Crippen LogP contribution in [0.15, 0.2) is 72.6 Å². The van der Waals surface area contributed by atoms with Gasteiger partial charge in [0.1, 0.15) is 6.61 Å². The largest absolute Gasteiger partial charge is 0.496 e. The number of carbonyl (C=O) groups excluding carboxylic acids is 1. The monoisotopic (exact) mass is 229 g/mol. The van der Waals surface area contributed by atoms with Crippen molar-refractivity contribution >= 4 is 5.91 Å². The Hall–Kier alpha value is -2.29. The third kappa shape index (κ3) is 5.99. The Balaban J connectivity index is 2.80. The van der Waals surface area contributed by atoms with Gasteiger partial charge >= 0.3 is 0 Å². The molecule has 0 saturated carbocycles. The molecule has 0 aromatic rings. The fourth-order valence-corrected chi connectivity index (χ4v) is 1.06. The van der Waals surface area contributed by atoms with Crippen molar-refractivity contribution in [1.82, 2.24) is 0 Å². The van der Waals surface area contributed by atoms with Crippen LogP contribution in [0.25, 0.3) is 0 Å². The Bertz CT molecular complexity index is 424. The van der Waals surface area contributed by atoms with E-state index in [2.05, 4.69) is 0 Å². The highest BCUT2D eigenvalue weighted by Crippen LogP contribution is 1.97. The third-order valence-electron chi connectivity index (χ3n) is 1.92. The molecule has 0 saturated heterocycles. The fourth-order valence-electron chi connectivity index (χ4n) is 1.06. The predicted molar refractivity (Wildman–Crippen MR) is 68.9 cm³/mol. The molecule has 0 unspecified atom stereocenters. The van der Waals surface area contributed by atoms with Crippen LogP contribution in [-0.2, 0) is 9.53 Å². The highest BCUT2D eigenvalue weighted by Gasteiger charge is 2.02. The Morgan fingerprint density at radius 1 is 0.941 bits per heavy atom. The van der Waals surface area contributed by atoms with Crippen LogP contribution in [-0.4, -0.2) is 12.5 Å². The lowest BCUT2D eigenvalue weighted by Crippen LogP contribution is -2.17. The van der Waals surface area contributed by atoms with E-state index in [4.69, 9.17) is 10.5 Å². The van der Waals surface area contributed by atoms with Gasteiger partial charge in [-0.2, -0.15) is 0 Å². The van der Waals surface area contributed by atoms with Crippen molar-refractivity contribution in [3.8, 4) is 0 Å². The van der Waals surface area contributed by atoms with Gasteiger partial charge in [0.25, 0.3) is 0 Å². The van der Waals surface area contributed by atoms with Crippen LogP contribution in [0.1, 0.15) is 0 Å². The standard InChI is InChI=1S/C14H15NO2/c15-14(16)13-10-8-6-4-2-1-3-5-7-9-11-17-12-13/h1-11H,12H2,(H2,15,16). The molecule has 3 nitrogen and oxygen atoms in total. The molecule has 1 aliphatic rings. The lowest BCUT2D eigenvalue weighted by atomic mass is 10.2. The smallest absolute Gasteiger partial charge is 0.248 e.